The lowest BCUT2D eigenvalue weighted by atomic mass is 9.78. The van der Waals surface area contributed by atoms with Gasteiger partial charge in [-0.1, -0.05) is 31.0 Å². The molecular weight excluding hydrogens is 316 g/mol. The van der Waals surface area contributed by atoms with E-state index in [2.05, 4.69) is 10.6 Å². The van der Waals surface area contributed by atoms with Gasteiger partial charge in [-0.05, 0) is 49.2 Å². The predicted molar refractivity (Wildman–Crippen MR) is 95.3 cm³/mol. The average Bonchev–Trinajstić information content (AvgIpc) is 2.64. The van der Waals surface area contributed by atoms with Gasteiger partial charge in [0.2, 0.25) is 5.91 Å². The van der Waals surface area contributed by atoms with Crippen LogP contribution >= 0.6 is 0 Å². The lowest BCUT2D eigenvalue weighted by molar-refractivity contribution is -0.313. The fourth-order valence-corrected chi connectivity index (χ4v) is 3.29. The molecule has 0 aromatic heterocycles. The highest BCUT2D eigenvalue weighted by molar-refractivity contribution is 5.95. The summed E-state index contributed by atoms with van der Waals surface area (Å²) >= 11 is 0. The molecule has 3 rings (SSSR count). The zero-order valence-electron chi connectivity index (χ0n) is 13.9. The fraction of sp³-hybridized carbons (Fsp3) is 0.300. The summed E-state index contributed by atoms with van der Waals surface area (Å²) in [6.07, 6.45) is 2.82. The Bertz CT molecular complexity index is 728. The van der Waals surface area contributed by atoms with E-state index in [4.69, 9.17) is 0 Å². The van der Waals surface area contributed by atoms with Crippen molar-refractivity contribution in [3.63, 3.8) is 0 Å². The maximum absolute atomic E-state index is 12.4. The minimum Gasteiger partial charge on any atom is -0.550 e. The van der Waals surface area contributed by atoms with Gasteiger partial charge in [-0.15, -0.1) is 0 Å². The molecule has 2 aromatic carbocycles. The molecular formula is C20H21N2O3-. The molecule has 1 fully saturated rings. The molecule has 2 aromatic rings. The highest BCUT2D eigenvalue weighted by atomic mass is 16.4. The van der Waals surface area contributed by atoms with E-state index >= 15 is 0 Å². The molecule has 2 N–H and O–H groups in total. The van der Waals surface area contributed by atoms with Crippen LogP contribution in [0.2, 0.25) is 0 Å². The van der Waals surface area contributed by atoms with Gasteiger partial charge in [0.15, 0.2) is 0 Å². The number of carbonyl (C=O) groups excluding carboxylic acids is 2. The molecule has 0 heterocycles. The summed E-state index contributed by atoms with van der Waals surface area (Å²) in [5.41, 5.74) is 2.55. The van der Waals surface area contributed by atoms with Gasteiger partial charge in [0.05, 0.1) is 0 Å². The predicted octanol–water partition coefficient (Wildman–Crippen LogP) is 2.93. The van der Waals surface area contributed by atoms with Crippen LogP contribution in [-0.4, -0.2) is 11.9 Å². The number of carbonyl (C=O) groups is 2. The molecule has 0 radical (unpaired) electrons. The minimum absolute atomic E-state index is 0.238. The van der Waals surface area contributed by atoms with Gasteiger partial charge in [0.1, 0.15) is 0 Å². The van der Waals surface area contributed by atoms with Crippen molar-refractivity contribution in [2.45, 2.75) is 25.7 Å². The van der Waals surface area contributed by atoms with Gasteiger partial charge in [0, 0.05) is 34.9 Å². The Labute approximate surface area is 147 Å². The van der Waals surface area contributed by atoms with Gasteiger partial charge in [-0.3, -0.25) is 4.79 Å². The Morgan fingerprint density at radius 2 is 1.36 bits per heavy atom. The molecule has 0 spiro atoms. The van der Waals surface area contributed by atoms with E-state index in [1.807, 2.05) is 42.5 Å². The van der Waals surface area contributed by atoms with Gasteiger partial charge < -0.3 is 20.5 Å². The van der Waals surface area contributed by atoms with E-state index in [9.17, 15) is 14.7 Å². The maximum Gasteiger partial charge on any atom is 0.228 e. The Kier molecular flexibility index (Phi) is 5.33. The van der Waals surface area contributed by atoms with Gasteiger partial charge in [0.25, 0.3) is 0 Å². The molecule has 0 unspecified atom stereocenters. The van der Waals surface area contributed by atoms with Crippen LogP contribution in [0.4, 0.5) is 17.1 Å². The SMILES string of the molecule is O=C([O-])[C@@H]1CCCC[C@H]1C(=O)Nc1ccc(Nc2ccccc2)cc1. The molecule has 1 amide bonds. The largest absolute Gasteiger partial charge is 0.550 e. The maximum atomic E-state index is 12.4. The van der Waals surface area contributed by atoms with Gasteiger partial charge >= 0.3 is 0 Å². The van der Waals surface area contributed by atoms with Gasteiger partial charge in [-0.2, -0.15) is 0 Å². The summed E-state index contributed by atoms with van der Waals surface area (Å²) in [4.78, 5) is 23.7. The highest BCUT2D eigenvalue weighted by Gasteiger charge is 2.31. The van der Waals surface area contributed by atoms with Crippen molar-refractivity contribution >= 4 is 28.9 Å². The van der Waals surface area contributed by atoms with Crippen LogP contribution in [0.3, 0.4) is 0 Å². The lowest BCUT2D eigenvalue weighted by Gasteiger charge is -2.31. The Morgan fingerprint density at radius 3 is 2.00 bits per heavy atom. The minimum atomic E-state index is -1.12. The number of aliphatic carboxylic acids is 1. The number of hydrogen-bond donors (Lipinski definition) is 2. The third-order valence-corrected chi connectivity index (χ3v) is 4.62. The van der Waals surface area contributed by atoms with Crippen LogP contribution in [0.15, 0.2) is 54.6 Å². The van der Waals surface area contributed by atoms with Crippen LogP contribution in [-0.2, 0) is 9.59 Å². The third-order valence-electron chi connectivity index (χ3n) is 4.62. The van der Waals surface area contributed by atoms with Crippen LogP contribution in [0, 0.1) is 11.8 Å². The molecule has 25 heavy (non-hydrogen) atoms. The smallest absolute Gasteiger partial charge is 0.228 e. The first-order valence-corrected chi connectivity index (χ1v) is 8.57. The van der Waals surface area contributed by atoms with E-state index in [1.165, 1.54) is 0 Å². The summed E-state index contributed by atoms with van der Waals surface area (Å²) in [6, 6.07) is 17.2. The normalized spacial score (nSPS) is 19.8. The quantitative estimate of drug-likeness (QED) is 0.879. The molecule has 0 aliphatic heterocycles. The van der Waals surface area contributed by atoms with E-state index in [-0.39, 0.29) is 5.91 Å². The first kappa shape index (κ1) is 17.0. The first-order chi connectivity index (χ1) is 12.1. The van der Waals surface area contributed by atoms with Crippen LogP contribution in [0.1, 0.15) is 25.7 Å². The monoisotopic (exact) mass is 337 g/mol. The molecule has 0 bridgehead atoms. The van der Waals surface area contributed by atoms with E-state index < -0.39 is 17.8 Å². The third kappa shape index (κ3) is 4.38. The van der Waals surface area contributed by atoms with Gasteiger partial charge in [-0.25, -0.2) is 0 Å². The second kappa shape index (κ2) is 7.83. The zero-order chi connectivity index (χ0) is 17.6. The van der Waals surface area contributed by atoms with Crippen molar-refractivity contribution in [2.24, 2.45) is 11.8 Å². The van der Waals surface area contributed by atoms with Crippen LogP contribution < -0.4 is 15.7 Å². The number of anilines is 3. The van der Waals surface area contributed by atoms with E-state index in [0.717, 1.165) is 24.2 Å². The molecule has 2 atom stereocenters. The molecule has 1 aliphatic rings. The van der Waals surface area contributed by atoms with Crippen LogP contribution in [0.5, 0.6) is 0 Å². The molecule has 0 saturated heterocycles. The fourth-order valence-electron chi connectivity index (χ4n) is 3.29. The van der Waals surface area contributed by atoms with E-state index in [0.29, 0.717) is 18.5 Å². The van der Waals surface area contributed by atoms with Crippen molar-refractivity contribution in [1.29, 1.82) is 0 Å². The summed E-state index contributed by atoms with van der Waals surface area (Å²) < 4.78 is 0. The first-order valence-electron chi connectivity index (χ1n) is 8.57. The van der Waals surface area contributed by atoms with Crippen molar-refractivity contribution < 1.29 is 14.7 Å². The summed E-state index contributed by atoms with van der Waals surface area (Å²) in [5.74, 6) is -2.56. The summed E-state index contributed by atoms with van der Waals surface area (Å²) in [6.45, 7) is 0. The zero-order valence-corrected chi connectivity index (χ0v) is 13.9. The Hall–Kier alpha value is -2.82. The van der Waals surface area contributed by atoms with Crippen molar-refractivity contribution in [1.82, 2.24) is 0 Å². The van der Waals surface area contributed by atoms with Crippen molar-refractivity contribution in [3.8, 4) is 0 Å². The highest BCUT2D eigenvalue weighted by Crippen LogP contribution is 2.31. The molecule has 130 valence electrons. The number of nitrogens with one attached hydrogen (secondary N) is 2. The second-order valence-electron chi connectivity index (χ2n) is 6.37. The Balaban J connectivity index is 1.62. The number of benzene rings is 2. The van der Waals surface area contributed by atoms with Crippen molar-refractivity contribution in [2.75, 3.05) is 10.6 Å². The average molecular weight is 337 g/mol. The molecule has 1 saturated carbocycles. The standard InChI is InChI=1S/C20H22N2O3/c23-19(17-8-4-5-9-18(17)20(24)25)22-16-12-10-15(11-13-16)21-14-6-2-1-3-7-14/h1-3,6-7,10-13,17-18,21H,4-5,8-9H2,(H,22,23)(H,24,25)/p-1/t17-,18-/m1/s1. The molecule has 1 aliphatic carbocycles. The second-order valence-corrected chi connectivity index (χ2v) is 6.37. The topological polar surface area (TPSA) is 81.3 Å². The number of hydrogen-bond acceptors (Lipinski definition) is 4. The molecule has 5 heteroatoms. The summed E-state index contributed by atoms with van der Waals surface area (Å²) in [5, 5.41) is 17.3. The lowest BCUT2D eigenvalue weighted by Crippen LogP contribution is -2.42. The molecule has 5 nitrogen and oxygen atoms in total. The number of para-hydroxylation sites is 1. The summed E-state index contributed by atoms with van der Waals surface area (Å²) in [7, 11) is 0. The van der Waals surface area contributed by atoms with Crippen molar-refractivity contribution in [3.05, 3.63) is 54.6 Å². The number of carboxylic acid groups (broad SMARTS) is 1. The number of rotatable bonds is 5. The Morgan fingerprint density at radius 1 is 0.800 bits per heavy atom. The van der Waals surface area contributed by atoms with Crippen LogP contribution in [0.25, 0.3) is 0 Å². The number of amides is 1. The van der Waals surface area contributed by atoms with E-state index in [1.54, 1.807) is 12.1 Å². The number of carboxylic acids is 1.